The number of hydrogen-bond donors (Lipinski definition) is 0. The van der Waals surface area contributed by atoms with Gasteiger partial charge in [-0.25, -0.2) is 0 Å². The van der Waals surface area contributed by atoms with Gasteiger partial charge in [0.15, 0.2) is 0 Å². The van der Waals surface area contributed by atoms with Crippen LogP contribution in [0, 0.1) is 0 Å². The molecule has 1 aliphatic rings. The van der Waals surface area contributed by atoms with Crippen molar-refractivity contribution in [3.63, 3.8) is 0 Å². The van der Waals surface area contributed by atoms with Crippen molar-refractivity contribution in [2.75, 3.05) is 4.90 Å². The third-order valence-electron chi connectivity index (χ3n) is 11.9. The van der Waals surface area contributed by atoms with E-state index < -0.39 is 0 Å². The van der Waals surface area contributed by atoms with Crippen molar-refractivity contribution in [1.29, 1.82) is 0 Å². The second-order valence-corrected chi connectivity index (χ2v) is 17.6. The Bertz CT molecular complexity index is 2920. The van der Waals surface area contributed by atoms with Crippen LogP contribution in [0.4, 0.5) is 17.1 Å². The van der Waals surface area contributed by atoms with Gasteiger partial charge in [-0.05, 0) is 91.5 Å². The molecule has 0 bridgehead atoms. The highest BCUT2D eigenvalue weighted by molar-refractivity contribution is 7.26. The molecule has 0 unspecified atom stereocenters. The van der Waals surface area contributed by atoms with Gasteiger partial charge in [-0.15, -0.1) is 11.3 Å². The van der Waals surface area contributed by atoms with Crippen LogP contribution < -0.4 is 4.90 Å². The lowest BCUT2D eigenvalue weighted by Gasteiger charge is -2.30. The van der Waals surface area contributed by atoms with E-state index in [1.807, 2.05) is 11.3 Å². The van der Waals surface area contributed by atoms with E-state index >= 15 is 0 Å². The highest BCUT2D eigenvalue weighted by Crippen LogP contribution is 2.53. The number of rotatable bonds is 5. The summed E-state index contributed by atoms with van der Waals surface area (Å²) in [4.78, 5) is 2.50. The summed E-state index contributed by atoms with van der Waals surface area (Å²) in [6.07, 6.45) is 0. The van der Waals surface area contributed by atoms with Crippen LogP contribution in [-0.4, -0.2) is 0 Å². The highest BCUT2D eigenvalue weighted by atomic mass is 32.1. The van der Waals surface area contributed by atoms with Crippen LogP contribution in [0.25, 0.3) is 64.3 Å². The topological polar surface area (TPSA) is 3.24 Å². The van der Waals surface area contributed by atoms with E-state index in [4.69, 9.17) is 0 Å². The summed E-state index contributed by atoms with van der Waals surface area (Å²) in [5, 5.41) is 5.11. The van der Waals surface area contributed by atoms with Crippen molar-refractivity contribution in [2.24, 2.45) is 0 Å². The van der Waals surface area contributed by atoms with E-state index in [2.05, 4.69) is 209 Å². The zero-order valence-electron chi connectivity index (χ0n) is 32.0. The molecule has 0 saturated carbocycles. The number of benzene rings is 8. The minimum absolute atomic E-state index is 0.117. The molecule has 1 aromatic heterocycles. The molecular formula is C53H43NS. The van der Waals surface area contributed by atoms with E-state index in [1.54, 1.807) is 0 Å². The van der Waals surface area contributed by atoms with Crippen LogP contribution in [-0.2, 0) is 10.8 Å². The average Bonchev–Trinajstić information content (AvgIpc) is 3.70. The molecule has 0 fully saturated rings. The molecule has 0 spiro atoms. The first kappa shape index (κ1) is 33.6. The maximum Gasteiger partial charge on any atom is 0.0547 e. The molecule has 1 nitrogen and oxygen atoms in total. The van der Waals surface area contributed by atoms with Crippen molar-refractivity contribution in [1.82, 2.24) is 0 Å². The molecule has 0 saturated heterocycles. The molecule has 1 aliphatic carbocycles. The maximum atomic E-state index is 2.50. The van der Waals surface area contributed by atoms with Gasteiger partial charge in [0.05, 0.1) is 5.69 Å². The normalized spacial score (nSPS) is 13.3. The van der Waals surface area contributed by atoms with Crippen molar-refractivity contribution < 1.29 is 0 Å². The minimum Gasteiger partial charge on any atom is -0.310 e. The highest BCUT2D eigenvalue weighted by Gasteiger charge is 2.36. The maximum absolute atomic E-state index is 2.50. The van der Waals surface area contributed by atoms with Crippen LogP contribution >= 0.6 is 11.3 Å². The number of nitrogens with zero attached hydrogens (tertiary/aromatic N) is 1. The summed E-state index contributed by atoms with van der Waals surface area (Å²) in [6, 6.07) is 63.5. The standard InChI is InChI=1S/C53H43NS/c1-52(2,3)37-26-21-34(22-27-37)35-23-28-38(29-24-35)54(39-30-31-42-41-15-8-10-19-46(41)53(4,5)47(42)33-39)48-32-25-36-13-6-7-14-40(36)50(48)45-18-12-17-44-43-16-9-11-20-49(43)55-51(44)45/h6-33H,1-5H3. The first-order valence-electron chi connectivity index (χ1n) is 19.3. The molecule has 9 aromatic rings. The average molecular weight is 726 g/mol. The number of thiophene rings is 1. The fraction of sp³-hybridized carbons (Fsp3) is 0.132. The van der Waals surface area contributed by atoms with Crippen molar-refractivity contribution in [3.05, 3.63) is 187 Å². The Kier molecular flexibility index (Phi) is 7.67. The smallest absolute Gasteiger partial charge is 0.0547 e. The third kappa shape index (κ3) is 5.42. The monoisotopic (exact) mass is 725 g/mol. The zero-order chi connectivity index (χ0) is 37.5. The second kappa shape index (κ2) is 12.5. The molecule has 0 N–H and O–H groups in total. The van der Waals surface area contributed by atoms with E-state index in [1.165, 1.54) is 86.7 Å². The van der Waals surface area contributed by atoms with Gasteiger partial charge in [0, 0.05) is 48.1 Å². The van der Waals surface area contributed by atoms with Gasteiger partial charge in [0.25, 0.3) is 0 Å². The van der Waals surface area contributed by atoms with Crippen LogP contribution in [0.3, 0.4) is 0 Å². The lowest BCUT2D eigenvalue weighted by atomic mass is 9.82. The minimum atomic E-state index is -0.119. The summed E-state index contributed by atoms with van der Waals surface area (Å²) in [7, 11) is 0. The fourth-order valence-corrected chi connectivity index (χ4v) is 10.1. The molecule has 8 aromatic carbocycles. The Morgan fingerprint density at radius 1 is 0.491 bits per heavy atom. The van der Waals surface area contributed by atoms with Crippen LogP contribution in [0.5, 0.6) is 0 Å². The van der Waals surface area contributed by atoms with Crippen molar-refractivity contribution in [3.8, 4) is 33.4 Å². The summed E-state index contributed by atoms with van der Waals surface area (Å²) >= 11 is 1.90. The van der Waals surface area contributed by atoms with Gasteiger partial charge >= 0.3 is 0 Å². The molecule has 10 rings (SSSR count). The SMILES string of the molecule is CC(C)(C)c1ccc(-c2ccc(N(c3ccc4c(c3)C(C)(C)c3ccccc3-4)c3ccc4ccccc4c3-c3cccc4c3sc3ccccc34)cc2)cc1. The molecule has 266 valence electrons. The first-order valence-corrected chi connectivity index (χ1v) is 20.2. The van der Waals surface area contributed by atoms with Gasteiger partial charge < -0.3 is 4.90 Å². The molecule has 0 amide bonds. The van der Waals surface area contributed by atoms with Crippen molar-refractivity contribution >= 4 is 59.3 Å². The summed E-state index contributed by atoms with van der Waals surface area (Å²) in [6.45, 7) is 11.6. The molecule has 0 atom stereocenters. The van der Waals surface area contributed by atoms with Gasteiger partial charge in [-0.2, -0.15) is 0 Å². The molecular weight excluding hydrogens is 683 g/mol. The largest absolute Gasteiger partial charge is 0.310 e. The third-order valence-corrected chi connectivity index (χ3v) is 13.1. The Morgan fingerprint density at radius 3 is 1.89 bits per heavy atom. The Hall–Kier alpha value is -5.96. The van der Waals surface area contributed by atoms with Crippen LogP contribution in [0.15, 0.2) is 170 Å². The first-order chi connectivity index (χ1) is 26.7. The lowest BCUT2D eigenvalue weighted by molar-refractivity contribution is 0.590. The summed E-state index contributed by atoms with van der Waals surface area (Å²) in [5.41, 5.74) is 15.2. The zero-order valence-corrected chi connectivity index (χ0v) is 32.8. The van der Waals surface area contributed by atoms with Crippen molar-refractivity contribution in [2.45, 2.75) is 45.4 Å². The van der Waals surface area contributed by atoms with Gasteiger partial charge in [-0.1, -0.05) is 168 Å². The Balaban J connectivity index is 1.21. The predicted octanol–water partition coefficient (Wildman–Crippen LogP) is 15.6. The Labute approximate surface area is 328 Å². The van der Waals surface area contributed by atoms with Gasteiger partial charge in [0.2, 0.25) is 0 Å². The van der Waals surface area contributed by atoms with Gasteiger partial charge in [-0.3, -0.25) is 0 Å². The molecule has 0 radical (unpaired) electrons. The van der Waals surface area contributed by atoms with Crippen LogP contribution in [0.1, 0.15) is 51.3 Å². The summed E-state index contributed by atoms with van der Waals surface area (Å²) in [5.74, 6) is 0. The number of anilines is 3. The summed E-state index contributed by atoms with van der Waals surface area (Å²) < 4.78 is 2.64. The van der Waals surface area contributed by atoms with E-state index in [-0.39, 0.29) is 10.8 Å². The van der Waals surface area contributed by atoms with E-state index in [9.17, 15) is 0 Å². The Morgan fingerprint density at radius 2 is 1.11 bits per heavy atom. The van der Waals surface area contributed by atoms with Gasteiger partial charge in [0.1, 0.15) is 0 Å². The molecule has 1 heterocycles. The lowest BCUT2D eigenvalue weighted by Crippen LogP contribution is -2.17. The molecule has 55 heavy (non-hydrogen) atoms. The second-order valence-electron chi connectivity index (χ2n) is 16.6. The number of fused-ring (bicyclic) bond motifs is 7. The quantitative estimate of drug-likeness (QED) is 0.171. The van der Waals surface area contributed by atoms with Crippen LogP contribution in [0.2, 0.25) is 0 Å². The number of hydrogen-bond acceptors (Lipinski definition) is 2. The van der Waals surface area contributed by atoms with E-state index in [0.717, 1.165) is 11.4 Å². The molecule has 2 heteroatoms. The predicted molar refractivity (Wildman–Crippen MR) is 239 cm³/mol. The molecule has 0 aliphatic heterocycles. The van der Waals surface area contributed by atoms with E-state index in [0.29, 0.717) is 0 Å². The fourth-order valence-electron chi connectivity index (χ4n) is 8.90.